The zero-order chi connectivity index (χ0) is 10.3. The lowest BCUT2D eigenvalue weighted by Gasteiger charge is -2.07. The molecular formula is C8H18N4O. The Hall–Kier alpha value is -1.10. The molecule has 13 heavy (non-hydrogen) atoms. The van der Waals surface area contributed by atoms with Gasteiger partial charge in [0.05, 0.1) is 11.9 Å². The molecule has 5 heteroatoms. The maximum absolute atomic E-state index is 10.5. The number of hydrogen-bond donors (Lipinski definition) is 4. The molecule has 0 unspecified atom stereocenters. The minimum atomic E-state index is -0.527. The number of amides is 1. The first-order valence-electron chi connectivity index (χ1n) is 4.38. The molecule has 1 amide bonds. The number of rotatable bonds is 6. The van der Waals surface area contributed by atoms with Crippen LogP contribution >= 0.6 is 0 Å². The van der Waals surface area contributed by atoms with Gasteiger partial charge in [-0.05, 0) is 26.2 Å². The van der Waals surface area contributed by atoms with E-state index in [4.69, 9.17) is 16.9 Å². The second-order valence-corrected chi connectivity index (χ2v) is 3.06. The maximum atomic E-state index is 10.5. The molecule has 0 spiro atoms. The maximum Gasteiger partial charge on any atom is 0.234 e. The molecule has 0 radical (unpaired) electrons. The van der Waals surface area contributed by atoms with Gasteiger partial charge in [0.15, 0.2) is 0 Å². The standard InChI is InChI=1S/C8H18N4O/c1-6(9)12-5-3-2-4-7(10)8(11)13/h7H,2-5,10H2,1H3,(H2,9,12)(H2,11,13)/t7-/m0/s1. The van der Waals surface area contributed by atoms with Crippen molar-refractivity contribution in [1.29, 1.82) is 5.41 Å². The van der Waals surface area contributed by atoms with Gasteiger partial charge in [-0.2, -0.15) is 0 Å². The van der Waals surface area contributed by atoms with Crippen molar-refractivity contribution in [2.24, 2.45) is 11.5 Å². The summed E-state index contributed by atoms with van der Waals surface area (Å²) >= 11 is 0. The molecule has 6 N–H and O–H groups in total. The fraction of sp³-hybridized carbons (Fsp3) is 0.750. The minimum Gasteiger partial charge on any atom is -0.374 e. The Morgan fingerprint density at radius 2 is 2.15 bits per heavy atom. The number of unbranched alkanes of at least 4 members (excludes halogenated alkanes) is 1. The highest BCUT2D eigenvalue weighted by atomic mass is 16.1. The quantitative estimate of drug-likeness (QED) is 0.256. The smallest absolute Gasteiger partial charge is 0.234 e. The monoisotopic (exact) mass is 186 g/mol. The Kier molecular flexibility index (Phi) is 5.88. The molecule has 0 aromatic carbocycles. The van der Waals surface area contributed by atoms with Crippen molar-refractivity contribution in [3.8, 4) is 0 Å². The molecule has 0 rings (SSSR count). The van der Waals surface area contributed by atoms with E-state index >= 15 is 0 Å². The number of nitrogens with one attached hydrogen (secondary N) is 2. The van der Waals surface area contributed by atoms with Crippen LogP contribution in [0, 0.1) is 5.41 Å². The van der Waals surface area contributed by atoms with Crippen LogP contribution in [0.1, 0.15) is 26.2 Å². The number of carbonyl (C=O) groups is 1. The summed E-state index contributed by atoms with van der Waals surface area (Å²) < 4.78 is 0. The van der Waals surface area contributed by atoms with Crippen molar-refractivity contribution in [2.75, 3.05) is 6.54 Å². The van der Waals surface area contributed by atoms with E-state index < -0.39 is 11.9 Å². The van der Waals surface area contributed by atoms with Crippen LogP contribution in [0.3, 0.4) is 0 Å². The van der Waals surface area contributed by atoms with Crippen molar-refractivity contribution in [1.82, 2.24) is 5.32 Å². The van der Waals surface area contributed by atoms with Crippen molar-refractivity contribution in [3.05, 3.63) is 0 Å². The van der Waals surface area contributed by atoms with Gasteiger partial charge in [-0.3, -0.25) is 10.2 Å². The third-order valence-electron chi connectivity index (χ3n) is 1.70. The Morgan fingerprint density at radius 3 is 2.62 bits per heavy atom. The van der Waals surface area contributed by atoms with E-state index in [1.807, 2.05) is 0 Å². The molecule has 0 saturated heterocycles. The predicted molar refractivity (Wildman–Crippen MR) is 52.4 cm³/mol. The summed E-state index contributed by atoms with van der Waals surface area (Å²) in [5.41, 5.74) is 10.4. The molecule has 0 saturated carbocycles. The van der Waals surface area contributed by atoms with Gasteiger partial charge in [0.25, 0.3) is 0 Å². The van der Waals surface area contributed by atoms with Crippen LogP contribution in [0.2, 0.25) is 0 Å². The van der Waals surface area contributed by atoms with E-state index in [-0.39, 0.29) is 0 Å². The third-order valence-corrected chi connectivity index (χ3v) is 1.70. The first-order chi connectivity index (χ1) is 6.04. The largest absolute Gasteiger partial charge is 0.374 e. The van der Waals surface area contributed by atoms with Crippen molar-refractivity contribution >= 4 is 11.7 Å². The highest BCUT2D eigenvalue weighted by Gasteiger charge is 2.07. The summed E-state index contributed by atoms with van der Waals surface area (Å²) in [6.45, 7) is 2.44. The lowest BCUT2D eigenvalue weighted by Crippen LogP contribution is -2.36. The van der Waals surface area contributed by atoms with Gasteiger partial charge < -0.3 is 16.8 Å². The van der Waals surface area contributed by atoms with Crippen LogP contribution in [0.25, 0.3) is 0 Å². The predicted octanol–water partition coefficient (Wildman–Crippen LogP) is -0.444. The second kappa shape index (κ2) is 6.42. The molecule has 0 aliphatic rings. The molecule has 76 valence electrons. The zero-order valence-corrected chi connectivity index (χ0v) is 7.97. The molecule has 0 aliphatic carbocycles. The van der Waals surface area contributed by atoms with Gasteiger partial charge in [0.2, 0.25) is 5.91 Å². The molecule has 0 aliphatic heterocycles. The highest BCUT2D eigenvalue weighted by Crippen LogP contribution is 1.97. The average Bonchev–Trinajstić information content (AvgIpc) is 2.02. The van der Waals surface area contributed by atoms with Crippen LogP contribution < -0.4 is 16.8 Å². The van der Waals surface area contributed by atoms with Crippen LogP contribution in [0.5, 0.6) is 0 Å². The summed E-state index contributed by atoms with van der Waals surface area (Å²) in [5.74, 6) is 0.00962. The Morgan fingerprint density at radius 1 is 1.54 bits per heavy atom. The summed E-state index contributed by atoms with van der Waals surface area (Å²) in [6.07, 6.45) is 2.37. The lowest BCUT2D eigenvalue weighted by atomic mass is 10.1. The average molecular weight is 186 g/mol. The second-order valence-electron chi connectivity index (χ2n) is 3.06. The SMILES string of the molecule is CC(=N)NCCCC[C@H](N)C(N)=O. The number of primary amides is 1. The Balaban J connectivity index is 3.26. The lowest BCUT2D eigenvalue weighted by molar-refractivity contribution is -0.119. The van der Waals surface area contributed by atoms with Crippen molar-refractivity contribution in [2.45, 2.75) is 32.2 Å². The van der Waals surface area contributed by atoms with E-state index in [1.54, 1.807) is 6.92 Å². The van der Waals surface area contributed by atoms with Gasteiger partial charge >= 0.3 is 0 Å². The number of carbonyl (C=O) groups excluding carboxylic acids is 1. The number of nitrogens with two attached hydrogens (primary N) is 2. The number of hydrogen-bond acceptors (Lipinski definition) is 3. The van der Waals surface area contributed by atoms with E-state index in [9.17, 15) is 4.79 Å². The summed E-state index contributed by atoms with van der Waals surface area (Å²) in [6, 6.07) is -0.527. The van der Waals surface area contributed by atoms with Crippen LogP contribution in [-0.4, -0.2) is 24.3 Å². The first kappa shape index (κ1) is 11.9. The van der Waals surface area contributed by atoms with E-state index in [1.165, 1.54) is 0 Å². The van der Waals surface area contributed by atoms with Gasteiger partial charge in [-0.1, -0.05) is 0 Å². The zero-order valence-electron chi connectivity index (χ0n) is 7.97. The summed E-state index contributed by atoms with van der Waals surface area (Å²) in [4.78, 5) is 10.5. The number of amidine groups is 1. The van der Waals surface area contributed by atoms with Gasteiger partial charge in [0.1, 0.15) is 0 Å². The van der Waals surface area contributed by atoms with Crippen LogP contribution in [0.15, 0.2) is 0 Å². The molecular weight excluding hydrogens is 168 g/mol. The summed E-state index contributed by atoms with van der Waals surface area (Å²) in [7, 11) is 0. The Bertz CT molecular complexity index is 181. The molecule has 0 aromatic heterocycles. The van der Waals surface area contributed by atoms with Gasteiger partial charge in [0, 0.05) is 6.54 Å². The van der Waals surface area contributed by atoms with Crippen molar-refractivity contribution < 1.29 is 4.79 Å². The fourth-order valence-electron chi connectivity index (χ4n) is 0.907. The molecule has 5 nitrogen and oxygen atoms in total. The van der Waals surface area contributed by atoms with E-state index in [0.29, 0.717) is 12.3 Å². The van der Waals surface area contributed by atoms with E-state index in [2.05, 4.69) is 5.32 Å². The molecule has 0 heterocycles. The highest BCUT2D eigenvalue weighted by molar-refractivity contribution is 5.79. The third kappa shape index (κ3) is 7.27. The van der Waals surface area contributed by atoms with Gasteiger partial charge in [-0.25, -0.2) is 0 Å². The summed E-state index contributed by atoms with van der Waals surface area (Å²) in [5, 5.41) is 9.95. The molecule has 1 atom stereocenters. The van der Waals surface area contributed by atoms with E-state index in [0.717, 1.165) is 19.4 Å². The fourth-order valence-corrected chi connectivity index (χ4v) is 0.907. The normalized spacial score (nSPS) is 12.2. The Labute approximate surface area is 78.4 Å². The molecule has 0 bridgehead atoms. The molecule has 0 fully saturated rings. The van der Waals surface area contributed by atoms with Crippen molar-refractivity contribution in [3.63, 3.8) is 0 Å². The topological polar surface area (TPSA) is 105 Å². The van der Waals surface area contributed by atoms with Crippen LogP contribution in [0.4, 0.5) is 0 Å². The first-order valence-corrected chi connectivity index (χ1v) is 4.38. The van der Waals surface area contributed by atoms with Gasteiger partial charge in [-0.15, -0.1) is 0 Å². The van der Waals surface area contributed by atoms with Crippen LogP contribution in [-0.2, 0) is 4.79 Å². The minimum absolute atomic E-state index is 0.448. The molecule has 0 aromatic rings.